The van der Waals surface area contributed by atoms with Crippen LogP contribution >= 0.6 is 12.4 Å². The average Bonchev–Trinajstić information content (AvgIpc) is 2.30. The van der Waals surface area contributed by atoms with Crippen molar-refractivity contribution in [2.24, 2.45) is 5.73 Å². The van der Waals surface area contributed by atoms with Crippen molar-refractivity contribution in [1.29, 1.82) is 0 Å². The number of amides is 1. The van der Waals surface area contributed by atoms with Gasteiger partial charge in [-0.05, 0) is 46.2 Å². The molecular weight excluding hydrogens is 250 g/mol. The second-order valence-corrected chi connectivity index (χ2v) is 5.30. The first-order valence-corrected chi connectivity index (χ1v) is 6.76. The first kappa shape index (κ1) is 17.7. The molecule has 1 heterocycles. The molecule has 1 rings (SSSR count). The van der Waals surface area contributed by atoms with Crippen molar-refractivity contribution in [3.63, 3.8) is 0 Å². The molecule has 0 saturated carbocycles. The minimum Gasteiger partial charge on any atom is -0.342 e. The van der Waals surface area contributed by atoms with Crippen molar-refractivity contribution < 1.29 is 4.79 Å². The quantitative estimate of drug-likeness (QED) is 0.828. The summed E-state index contributed by atoms with van der Waals surface area (Å²) in [6.07, 6.45) is 4.68. The summed E-state index contributed by atoms with van der Waals surface area (Å²) >= 11 is 0. The van der Waals surface area contributed by atoms with Gasteiger partial charge in [0.05, 0.1) is 6.54 Å². The van der Waals surface area contributed by atoms with Crippen LogP contribution in [0.5, 0.6) is 0 Å². The number of carbonyl (C=O) groups is 1. The number of nitrogens with zero attached hydrogens (tertiary/aromatic N) is 2. The van der Waals surface area contributed by atoms with E-state index in [2.05, 4.69) is 4.90 Å². The lowest BCUT2D eigenvalue weighted by molar-refractivity contribution is -0.133. The monoisotopic (exact) mass is 277 g/mol. The number of likely N-dealkylation sites (N-methyl/N-ethyl adjacent to an activating group) is 1. The van der Waals surface area contributed by atoms with Crippen LogP contribution in [-0.4, -0.2) is 54.5 Å². The third kappa shape index (κ3) is 5.12. The van der Waals surface area contributed by atoms with Crippen molar-refractivity contribution in [3.05, 3.63) is 0 Å². The Bertz CT molecular complexity index is 246. The first-order chi connectivity index (χ1) is 8.06. The van der Waals surface area contributed by atoms with E-state index in [4.69, 9.17) is 5.73 Å². The van der Waals surface area contributed by atoms with Gasteiger partial charge in [0.15, 0.2) is 0 Å². The van der Waals surface area contributed by atoms with Gasteiger partial charge in [-0.2, -0.15) is 0 Å². The Balaban J connectivity index is 0.00000289. The molecule has 1 amide bonds. The number of rotatable bonds is 5. The number of halogens is 1. The van der Waals surface area contributed by atoms with E-state index in [0.29, 0.717) is 12.6 Å². The first-order valence-electron chi connectivity index (χ1n) is 6.76. The molecule has 1 atom stereocenters. The highest BCUT2D eigenvalue weighted by atomic mass is 35.5. The number of carbonyl (C=O) groups excluding carboxylic acids is 1. The number of hydrogen-bond acceptors (Lipinski definition) is 3. The van der Waals surface area contributed by atoms with Crippen LogP contribution in [0.3, 0.4) is 0 Å². The molecule has 0 bridgehead atoms. The maximum Gasteiger partial charge on any atom is 0.236 e. The minimum absolute atomic E-state index is 0. The lowest BCUT2D eigenvalue weighted by atomic mass is 9.99. The molecule has 0 aromatic carbocycles. The standard InChI is InChI=1S/C13H27N3O.ClH/c1-11(2)15(3)13(17)10-16-9-5-4-6-12(16)7-8-14;/h11-12H,4-10,14H2,1-3H3;1H. The molecule has 4 nitrogen and oxygen atoms in total. The molecule has 108 valence electrons. The van der Waals surface area contributed by atoms with Crippen LogP contribution in [0, 0.1) is 0 Å². The highest BCUT2D eigenvalue weighted by molar-refractivity contribution is 5.85. The number of nitrogens with two attached hydrogens (primary N) is 1. The predicted molar refractivity (Wildman–Crippen MR) is 78.0 cm³/mol. The third-order valence-corrected chi connectivity index (χ3v) is 3.76. The van der Waals surface area contributed by atoms with Crippen molar-refractivity contribution in [2.45, 2.75) is 51.6 Å². The van der Waals surface area contributed by atoms with E-state index in [1.165, 1.54) is 19.3 Å². The molecule has 0 aliphatic carbocycles. The molecule has 1 saturated heterocycles. The second-order valence-electron chi connectivity index (χ2n) is 5.30. The SMILES string of the molecule is CC(C)N(C)C(=O)CN1CCCCC1CCN.Cl. The molecule has 5 heteroatoms. The van der Waals surface area contributed by atoms with Gasteiger partial charge in [-0.1, -0.05) is 6.42 Å². The van der Waals surface area contributed by atoms with Crippen LogP contribution in [0.1, 0.15) is 39.5 Å². The Kier molecular flexibility index (Phi) is 8.57. The number of piperidine rings is 1. The average molecular weight is 278 g/mol. The normalized spacial score (nSPS) is 20.6. The number of hydrogen-bond donors (Lipinski definition) is 1. The summed E-state index contributed by atoms with van der Waals surface area (Å²) in [6, 6.07) is 0.790. The fraction of sp³-hybridized carbons (Fsp3) is 0.923. The Hall–Kier alpha value is -0.320. The zero-order chi connectivity index (χ0) is 12.8. The van der Waals surface area contributed by atoms with Gasteiger partial charge >= 0.3 is 0 Å². The largest absolute Gasteiger partial charge is 0.342 e. The van der Waals surface area contributed by atoms with Gasteiger partial charge in [0.1, 0.15) is 0 Å². The van der Waals surface area contributed by atoms with Crippen molar-refractivity contribution in [1.82, 2.24) is 9.80 Å². The lowest BCUT2D eigenvalue weighted by Crippen LogP contribution is -2.47. The maximum absolute atomic E-state index is 12.1. The van der Waals surface area contributed by atoms with Gasteiger partial charge in [0.25, 0.3) is 0 Å². The van der Waals surface area contributed by atoms with Crippen LogP contribution in [-0.2, 0) is 4.79 Å². The van der Waals surface area contributed by atoms with E-state index >= 15 is 0 Å². The Morgan fingerprint density at radius 3 is 2.67 bits per heavy atom. The Morgan fingerprint density at radius 2 is 2.11 bits per heavy atom. The molecule has 1 unspecified atom stereocenters. The van der Waals surface area contributed by atoms with E-state index in [9.17, 15) is 4.79 Å². The summed E-state index contributed by atoms with van der Waals surface area (Å²) in [4.78, 5) is 16.2. The van der Waals surface area contributed by atoms with E-state index in [1.54, 1.807) is 0 Å². The summed E-state index contributed by atoms with van der Waals surface area (Å²) in [7, 11) is 1.88. The van der Waals surface area contributed by atoms with E-state index < -0.39 is 0 Å². The van der Waals surface area contributed by atoms with Gasteiger partial charge < -0.3 is 10.6 Å². The fourth-order valence-corrected chi connectivity index (χ4v) is 2.36. The highest BCUT2D eigenvalue weighted by Crippen LogP contribution is 2.19. The molecule has 2 N–H and O–H groups in total. The Labute approximate surface area is 117 Å². The fourth-order valence-electron chi connectivity index (χ4n) is 2.36. The molecular formula is C13H28ClN3O. The summed E-state index contributed by atoms with van der Waals surface area (Å²) in [5.74, 6) is 0.226. The smallest absolute Gasteiger partial charge is 0.236 e. The highest BCUT2D eigenvalue weighted by Gasteiger charge is 2.25. The third-order valence-electron chi connectivity index (χ3n) is 3.76. The molecule has 1 fully saturated rings. The summed E-state index contributed by atoms with van der Waals surface area (Å²) in [6.45, 7) is 6.41. The topological polar surface area (TPSA) is 49.6 Å². The predicted octanol–water partition coefficient (Wildman–Crippen LogP) is 1.48. The Morgan fingerprint density at radius 1 is 1.44 bits per heavy atom. The van der Waals surface area contributed by atoms with Crippen molar-refractivity contribution in [3.8, 4) is 0 Å². The van der Waals surface area contributed by atoms with Gasteiger partial charge in [-0.15, -0.1) is 12.4 Å². The summed E-state index contributed by atoms with van der Waals surface area (Å²) in [5, 5.41) is 0. The maximum atomic E-state index is 12.1. The van der Waals surface area contributed by atoms with E-state index in [-0.39, 0.29) is 24.4 Å². The molecule has 0 radical (unpaired) electrons. The molecule has 0 aromatic heterocycles. The van der Waals surface area contributed by atoms with Crippen LogP contribution in [0.2, 0.25) is 0 Å². The van der Waals surface area contributed by atoms with Crippen LogP contribution in [0.15, 0.2) is 0 Å². The van der Waals surface area contributed by atoms with E-state index in [1.807, 2.05) is 25.8 Å². The van der Waals surface area contributed by atoms with Crippen LogP contribution < -0.4 is 5.73 Å². The van der Waals surface area contributed by atoms with Crippen molar-refractivity contribution >= 4 is 18.3 Å². The van der Waals surface area contributed by atoms with Crippen LogP contribution in [0.25, 0.3) is 0 Å². The molecule has 0 aromatic rings. The summed E-state index contributed by atoms with van der Waals surface area (Å²) < 4.78 is 0. The van der Waals surface area contributed by atoms with Crippen LogP contribution in [0.4, 0.5) is 0 Å². The molecule has 1 aliphatic rings. The zero-order valence-electron chi connectivity index (χ0n) is 11.9. The molecule has 18 heavy (non-hydrogen) atoms. The minimum atomic E-state index is 0. The van der Waals surface area contributed by atoms with Gasteiger partial charge in [0.2, 0.25) is 5.91 Å². The summed E-state index contributed by atoms with van der Waals surface area (Å²) in [5.41, 5.74) is 5.64. The molecule has 1 aliphatic heterocycles. The van der Waals surface area contributed by atoms with Gasteiger partial charge in [-0.25, -0.2) is 0 Å². The van der Waals surface area contributed by atoms with Gasteiger partial charge in [0, 0.05) is 19.1 Å². The number of likely N-dealkylation sites (tertiary alicyclic amines) is 1. The zero-order valence-corrected chi connectivity index (χ0v) is 12.7. The van der Waals surface area contributed by atoms with Gasteiger partial charge in [-0.3, -0.25) is 9.69 Å². The molecule has 0 spiro atoms. The second kappa shape index (κ2) is 8.73. The van der Waals surface area contributed by atoms with E-state index in [0.717, 1.165) is 19.5 Å². The van der Waals surface area contributed by atoms with Crippen molar-refractivity contribution in [2.75, 3.05) is 26.7 Å². The lowest BCUT2D eigenvalue weighted by Gasteiger charge is -2.36.